The molecule has 0 atom stereocenters. The second-order valence-corrected chi connectivity index (χ2v) is 3.76. The van der Waals surface area contributed by atoms with Crippen LogP contribution in [0.3, 0.4) is 0 Å². The largest absolute Gasteiger partial charge is 0.480 e. The molecule has 0 saturated heterocycles. The molecular formula is C11H15NO2. The van der Waals surface area contributed by atoms with Crippen molar-refractivity contribution >= 4 is 11.7 Å². The van der Waals surface area contributed by atoms with Crippen molar-refractivity contribution in [2.24, 2.45) is 0 Å². The fourth-order valence-electron chi connectivity index (χ4n) is 1.12. The Morgan fingerprint density at radius 2 is 1.79 bits per heavy atom. The van der Waals surface area contributed by atoms with Crippen LogP contribution in [0.1, 0.15) is 13.8 Å². The minimum Gasteiger partial charge on any atom is -0.480 e. The van der Waals surface area contributed by atoms with Crippen LogP contribution in [0.15, 0.2) is 30.3 Å². The van der Waals surface area contributed by atoms with Crippen molar-refractivity contribution in [1.29, 1.82) is 0 Å². The zero-order chi connectivity index (χ0) is 10.8. The van der Waals surface area contributed by atoms with Gasteiger partial charge in [-0.25, -0.2) is 4.79 Å². The highest BCUT2D eigenvalue weighted by Crippen LogP contribution is 2.21. The fourth-order valence-corrected chi connectivity index (χ4v) is 1.12. The van der Waals surface area contributed by atoms with E-state index in [0.717, 1.165) is 5.69 Å². The number of carboxylic acids is 1. The number of hydrogen-bond acceptors (Lipinski definition) is 2. The van der Waals surface area contributed by atoms with Crippen LogP contribution in [0, 0.1) is 0 Å². The third-order valence-corrected chi connectivity index (χ3v) is 2.51. The van der Waals surface area contributed by atoms with Gasteiger partial charge in [-0.15, -0.1) is 0 Å². The van der Waals surface area contributed by atoms with E-state index in [1.165, 1.54) is 0 Å². The molecule has 0 spiro atoms. The molecule has 0 radical (unpaired) electrons. The number of carboxylic acid groups (broad SMARTS) is 1. The maximum Gasteiger partial charge on any atom is 0.328 e. The number of para-hydroxylation sites is 1. The topological polar surface area (TPSA) is 40.5 Å². The smallest absolute Gasteiger partial charge is 0.328 e. The van der Waals surface area contributed by atoms with Gasteiger partial charge in [-0.1, -0.05) is 18.2 Å². The molecule has 1 rings (SSSR count). The van der Waals surface area contributed by atoms with Gasteiger partial charge in [0, 0.05) is 12.7 Å². The average molecular weight is 193 g/mol. The van der Waals surface area contributed by atoms with Gasteiger partial charge in [0.25, 0.3) is 0 Å². The summed E-state index contributed by atoms with van der Waals surface area (Å²) in [5.74, 6) is -0.830. The second kappa shape index (κ2) is 3.70. The van der Waals surface area contributed by atoms with Gasteiger partial charge in [0.05, 0.1) is 0 Å². The van der Waals surface area contributed by atoms with E-state index in [1.54, 1.807) is 25.8 Å². The predicted octanol–water partition coefficient (Wildman–Crippen LogP) is 1.99. The Morgan fingerprint density at radius 1 is 1.29 bits per heavy atom. The molecule has 14 heavy (non-hydrogen) atoms. The third-order valence-electron chi connectivity index (χ3n) is 2.51. The van der Waals surface area contributed by atoms with Crippen molar-refractivity contribution in [2.45, 2.75) is 19.4 Å². The van der Waals surface area contributed by atoms with Crippen LogP contribution in [0.25, 0.3) is 0 Å². The highest BCUT2D eigenvalue weighted by Gasteiger charge is 2.31. The molecule has 0 fully saturated rings. The van der Waals surface area contributed by atoms with Crippen LogP contribution in [-0.2, 0) is 4.79 Å². The molecule has 0 aliphatic rings. The van der Waals surface area contributed by atoms with E-state index in [9.17, 15) is 4.79 Å². The van der Waals surface area contributed by atoms with Gasteiger partial charge in [0.15, 0.2) is 0 Å². The summed E-state index contributed by atoms with van der Waals surface area (Å²) in [6.07, 6.45) is 0. The molecule has 0 saturated carbocycles. The van der Waals surface area contributed by atoms with Crippen LogP contribution >= 0.6 is 0 Å². The number of carbonyl (C=O) groups is 1. The lowest BCUT2D eigenvalue weighted by atomic mass is 10.0. The van der Waals surface area contributed by atoms with Gasteiger partial charge in [0.1, 0.15) is 5.54 Å². The zero-order valence-electron chi connectivity index (χ0n) is 8.69. The van der Waals surface area contributed by atoms with E-state index in [1.807, 2.05) is 30.3 Å². The zero-order valence-corrected chi connectivity index (χ0v) is 8.69. The first kappa shape index (κ1) is 10.6. The quantitative estimate of drug-likeness (QED) is 0.798. The number of aliphatic carboxylic acids is 1. The van der Waals surface area contributed by atoms with Crippen LogP contribution in [0.5, 0.6) is 0 Å². The van der Waals surface area contributed by atoms with Gasteiger partial charge < -0.3 is 10.0 Å². The molecule has 0 amide bonds. The molecule has 1 N–H and O–H groups in total. The first-order chi connectivity index (χ1) is 6.46. The Labute approximate surface area is 84.0 Å². The van der Waals surface area contributed by atoms with Gasteiger partial charge >= 0.3 is 5.97 Å². The van der Waals surface area contributed by atoms with E-state index < -0.39 is 11.5 Å². The summed E-state index contributed by atoms with van der Waals surface area (Å²) in [5, 5.41) is 9.03. The summed E-state index contributed by atoms with van der Waals surface area (Å²) in [6.45, 7) is 3.37. The fraction of sp³-hybridized carbons (Fsp3) is 0.364. The molecule has 3 nitrogen and oxygen atoms in total. The first-order valence-corrected chi connectivity index (χ1v) is 4.48. The summed E-state index contributed by atoms with van der Waals surface area (Å²) in [4.78, 5) is 12.7. The van der Waals surface area contributed by atoms with Crippen LogP contribution < -0.4 is 4.90 Å². The highest BCUT2D eigenvalue weighted by molar-refractivity contribution is 5.82. The normalized spacial score (nSPS) is 11.1. The van der Waals surface area contributed by atoms with E-state index in [4.69, 9.17) is 5.11 Å². The SMILES string of the molecule is CN(c1ccccc1)C(C)(C)C(=O)O. The Kier molecular flexibility index (Phi) is 2.79. The molecular weight excluding hydrogens is 178 g/mol. The maximum absolute atomic E-state index is 11.0. The van der Waals surface area contributed by atoms with E-state index in [2.05, 4.69) is 0 Å². The first-order valence-electron chi connectivity index (χ1n) is 4.48. The van der Waals surface area contributed by atoms with Crippen molar-refractivity contribution in [3.8, 4) is 0 Å². The number of hydrogen-bond donors (Lipinski definition) is 1. The minimum absolute atomic E-state index is 0.830. The predicted molar refractivity (Wildman–Crippen MR) is 56.6 cm³/mol. The van der Waals surface area contributed by atoms with E-state index >= 15 is 0 Å². The molecule has 0 aromatic heterocycles. The standard InChI is InChI=1S/C11H15NO2/c1-11(2,10(13)14)12(3)9-7-5-4-6-8-9/h4-8H,1-3H3,(H,13,14). The molecule has 3 heteroatoms. The molecule has 0 bridgehead atoms. The summed E-state index contributed by atoms with van der Waals surface area (Å²) in [6, 6.07) is 9.48. The van der Waals surface area contributed by atoms with Gasteiger partial charge in [-0.2, -0.15) is 0 Å². The van der Waals surface area contributed by atoms with Crippen LogP contribution in [-0.4, -0.2) is 23.7 Å². The second-order valence-electron chi connectivity index (χ2n) is 3.76. The summed E-state index contributed by atoms with van der Waals surface area (Å²) < 4.78 is 0. The number of likely N-dealkylation sites (N-methyl/N-ethyl adjacent to an activating group) is 1. The third kappa shape index (κ3) is 1.87. The van der Waals surface area contributed by atoms with Crippen molar-refractivity contribution in [1.82, 2.24) is 0 Å². The molecule has 0 heterocycles. The molecule has 1 aromatic carbocycles. The maximum atomic E-state index is 11.0. The van der Waals surface area contributed by atoms with Crippen molar-refractivity contribution < 1.29 is 9.90 Å². The monoisotopic (exact) mass is 193 g/mol. The van der Waals surface area contributed by atoms with Crippen LogP contribution in [0.2, 0.25) is 0 Å². The van der Waals surface area contributed by atoms with Gasteiger partial charge in [-0.3, -0.25) is 0 Å². The Hall–Kier alpha value is -1.51. The number of benzene rings is 1. The summed E-state index contributed by atoms with van der Waals surface area (Å²) in [5.41, 5.74) is 0.0151. The lowest BCUT2D eigenvalue weighted by Crippen LogP contribution is -2.48. The molecule has 0 aliphatic carbocycles. The molecule has 76 valence electrons. The number of rotatable bonds is 3. The van der Waals surface area contributed by atoms with E-state index in [0.29, 0.717) is 0 Å². The average Bonchev–Trinajstić information content (AvgIpc) is 2.17. The van der Waals surface area contributed by atoms with Crippen LogP contribution in [0.4, 0.5) is 5.69 Å². The Bertz CT molecular complexity index is 319. The number of nitrogens with zero attached hydrogens (tertiary/aromatic N) is 1. The number of anilines is 1. The van der Waals surface area contributed by atoms with Crippen molar-refractivity contribution in [3.05, 3.63) is 30.3 Å². The van der Waals surface area contributed by atoms with Gasteiger partial charge in [-0.05, 0) is 26.0 Å². The van der Waals surface area contributed by atoms with Crippen molar-refractivity contribution in [2.75, 3.05) is 11.9 Å². The lowest BCUT2D eigenvalue weighted by Gasteiger charge is -2.33. The van der Waals surface area contributed by atoms with Gasteiger partial charge in [0.2, 0.25) is 0 Å². The molecule has 0 aliphatic heterocycles. The molecule has 1 aromatic rings. The lowest BCUT2D eigenvalue weighted by molar-refractivity contribution is -0.142. The van der Waals surface area contributed by atoms with Crippen molar-refractivity contribution in [3.63, 3.8) is 0 Å². The summed E-state index contributed by atoms with van der Waals surface area (Å²) in [7, 11) is 1.78. The highest BCUT2D eigenvalue weighted by atomic mass is 16.4. The van der Waals surface area contributed by atoms with E-state index in [-0.39, 0.29) is 0 Å². The molecule has 0 unspecified atom stereocenters. The Morgan fingerprint density at radius 3 is 2.21 bits per heavy atom. The summed E-state index contributed by atoms with van der Waals surface area (Å²) >= 11 is 0. The minimum atomic E-state index is -0.888. The Balaban J connectivity index is 2.96.